The van der Waals surface area contributed by atoms with Gasteiger partial charge in [0.25, 0.3) is 0 Å². The lowest BCUT2D eigenvalue weighted by molar-refractivity contribution is 0.627. The Balaban J connectivity index is 1.92. The minimum Gasteiger partial charge on any atom is -0.307 e. The molecule has 0 fully saturated rings. The average molecular weight is 240 g/mol. The smallest absolute Gasteiger partial charge is 0.137 e. The molecule has 2 aromatic heterocycles. The van der Waals surface area contributed by atoms with Gasteiger partial charge in [-0.1, -0.05) is 18.2 Å². The molecule has 3 aromatic rings. The summed E-state index contributed by atoms with van der Waals surface area (Å²) in [6, 6.07) is 10.6. The van der Waals surface area contributed by atoms with Crippen LogP contribution >= 0.6 is 0 Å². The SMILES string of the molecule is Cc1ccc2nc(Cc3ccc(F)cc3)cn2c1. The Kier molecular flexibility index (Phi) is 2.59. The van der Waals surface area contributed by atoms with Crippen molar-refractivity contribution in [1.82, 2.24) is 9.38 Å². The van der Waals surface area contributed by atoms with Gasteiger partial charge in [-0.15, -0.1) is 0 Å². The maximum atomic E-state index is 12.8. The van der Waals surface area contributed by atoms with E-state index in [2.05, 4.69) is 18.1 Å². The van der Waals surface area contributed by atoms with Gasteiger partial charge in [0.15, 0.2) is 0 Å². The van der Waals surface area contributed by atoms with Crippen molar-refractivity contribution >= 4 is 5.65 Å². The van der Waals surface area contributed by atoms with Gasteiger partial charge in [-0.2, -0.15) is 0 Å². The van der Waals surface area contributed by atoms with E-state index in [0.717, 1.165) is 23.3 Å². The lowest BCUT2D eigenvalue weighted by Gasteiger charge is -1.96. The summed E-state index contributed by atoms with van der Waals surface area (Å²) in [5.74, 6) is -0.204. The number of fused-ring (bicyclic) bond motifs is 1. The van der Waals surface area contributed by atoms with Gasteiger partial charge in [-0.25, -0.2) is 9.37 Å². The molecule has 2 nitrogen and oxygen atoms in total. The van der Waals surface area contributed by atoms with Crippen molar-refractivity contribution in [3.63, 3.8) is 0 Å². The van der Waals surface area contributed by atoms with Crippen LogP contribution in [0.5, 0.6) is 0 Å². The van der Waals surface area contributed by atoms with Crippen LogP contribution in [-0.2, 0) is 6.42 Å². The monoisotopic (exact) mass is 240 g/mol. The predicted octanol–water partition coefficient (Wildman–Crippen LogP) is 3.37. The number of aryl methyl sites for hydroxylation is 1. The van der Waals surface area contributed by atoms with E-state index in [0.29, 0.717) is 0 Å². The fourth-order valence-electron chi connectivity index (χ4n) is 2.05. The minimum atomic E-state index is -0.204. The van der Waals surface area contributed by atoms with E-state index >= 15 is 0 Å². The number of halogens is 1. The Bertz CT molecular complexity index is 683. The van der Waals surface area contributed by atoms with E-state index in [1.165, 1.54) is 17.7 Å². The molecule has 18 heavy (non-hydrogen) atoms. The zero-order valence-corrected chi connectivity index (χ0v) is 10.1. The van der Waals surface area contributed by atoms with Gasteiger partial charge in [0.2, 0.25) is 0 Å². The molecule has 0 amide bonds. The molecule has 0 radical (unpaired) electrons. The molecule has 0 bridgehead atoms. The highest BCUT2D eigenvalue weighted by molar-refractivity contribution is 5.42. The lowest BCUT2D eigenvalue weighted by Crippen LogP contribution is -1.88. The first-order valence-electron chi connectivity index (χ1n) is 5.89. The van der Waals surface area contributed by atoms with Crippen LogP contribution in [0.15, 0.2) is 48.8 Å². The van der Waals surface area contributed by atoms with Crippen LogP contribution in [0.25, 0.3) is 5.65 Å². The first-order chi connectivity index (χ1) is 8.70. The van der Waals surface area contributed by atoms with Crippen LogP contribution in [0, 0.1) is 12.7 Å². The zero-order chi connectivity index (χ0) is 12.5. The third kappa shape index (κ3) is 2.12. The van der Waals surface area contributed by atoms with Gasteiger partial charge in [-0.05, 0) is 36.2 Å². The molecule has 0 N–H and O–H groups in total. The molecule has 0 spiro atoms. The predicted molar refractivity (Wildman–Crippen MR) is 69.1 cm³/mol. The molecule has 0 saturated carbocycles. The number of nitrogens with zero attached hydrogens (tertiary/aromatic N) is 2. The number of hydrogen-bond donors (Lipinski definition) is 0. The molecule has 90 valence electrons. The molecule has 0 aliphatic heterocycles. The molecule has 0 unspecified atom stereocenters. The molecule has 2 heterocycles. The second-order valence-electron chi connectivity index (χ2n) is 4.51. The summed E-state index contributed by atoms with van der Waals surface area (Å²) in [4.78, 5) is 4.54. The number of imidazole rings is 1. The van der Waals surface area contributed by atoms with Gasteiger partial charge in [0.05, 0.1) is 5.69 Å². The fraction of sp³-hybridized carbons (Fsp3) is 0.133. The summed E-state index contributed by atoms with van der Waals surface area (Å²) >= 11 is 0. The number of benzene rings is 1. The summed E-state index contributed by atoms with van der Waals surface area (Å²) in [6.07, 6.45) is 4.79. The lowest BCUT2D eigenvalue weighted by atomic mass is 10.1. The van der Waals surface area contributed by atoms with Crippen molar-refractivity contribution < 1.29 is 4.39 Å². The molecule has 1 aromatic carbocycles. The van der Waals surface area contributed by atoms with E-state index < -0.39 is 0 Å². The molecule has 0 aliphatic rings. The quantitative estimate of drug-likeness (QED) is 0.671. The van der Waals surface area contributed by atoms with Crippen molar-refractivity contribution in [2.24, 2.45) is 0 Å². The third-order valence-corrected chi connectivity index (χ3v) is 2.95. The molecule has 0 aliphatic carbocycles. The van der Waals surface area contributed by atoms with Gasteiger partial charge >= 0.3 is 0 Å². The van der Waals surface area contributed by atoms with Crippen LogP contribution in [0.1, 0.15) is 16.8 Å². The Hall–Kier alpha value is -2.16. The van der Waals surface area contributed by atoms with E-state index in [-0.39, 0.29) is 5.82 Å². The van der Waals surface area contributed by atoms with Crippen LogP contribution in [0.3, 0.4) is 0 Å². The van der Waals surface area contributed by atoms with Crippen molar-refractivity contribution in [2.75, 3.05) is 0 Å². The van der Waals surface area contributed by atoms with Crippen LogP contribution in [0.4, 0.5) is 4.39 Å². The highest BCUT2D eigenvalue weighted by atomic mass is 19.1. The average Bonchev–Trinajstić information content (AvgIpc) is 2.73. The first kappa shape index (κ1) is 11.0. The van der Waals surface area contributed by atoms with Gasteiger partial charge < -0.3 is 4.40 Å². The number of rotatable bonds is 2. The minimum absolute atomic E-state index is 0.204. The zero-order valence-electron chi connectivity index (χ0n) is 10.1. The van der Waals surface area contributed by atoms with Gasteiger partial charge in [-0.3, -0.25) is 0 Å². The van der Waals surface area contributed by atoms with E-state index in [4.69, 9.17) is 0 Å². The maximum absolute atomic E-state index is 12.8. The Morgan fingerprint density at radius 2 is 1.83 bits per heavy atom. The van der Waals surface area contributed by atoms with E-state index in [1.54, 1.807) is 12.1 Å². The summed E-state index contributed by atoms with van der Waals surface area (Å²) in [6.45, 7) is 2.05. The fourth-order valence-corrected chi connectivity index (χ4v) is 2.05. The summed E-state index contributed by atoms with van der Waals surface area (Å²) in [5, 5.41) is 0. The molecule has 3 heteroatoms. The molecular weight excluding hydrogens is 227 g/mol. The normalized spacial score (nSPS) is 11.0. The third-order valence-electron chi connectivity index (χ3n) is 2.95. The van der Waals surface area contributed by atoms with Crippen molar-refractivity contribution in [3.05, 3.63) is 71.4 Å². The topological polar surface area (TPSA) is 17.3 Å². The number of aromatic nitrogens is 2. The van der Waals surface area contributed by atoms with Crippen LogP contribution in [-0.4, -0.2) is 9.38 Å². The highest BCUT2D eigenvalue weighted by Crippen LogP contribution is 2.12. The molecular formula is C15H13FN2. The standard InChI is InChI=1S/C15H13FN2/c1-11-2-7-15-17-14(10-18(15)9-11)8-12-3-5-13(16)6-4-12/h2-7,9-10H,8H2,1H3. The second-order valence-corrected chi connectivity index (χ2v) is 4.51. The summed E-state index contributed by atoms with van der Waals surface area (Å²) in [7, 11) is 0. The van der Waals surface area contributed by atoms with Gasteiger partial charge in [0, 0.05) is 18.8 Å². The highest BCUT2D eigenvalue weighted by Gasteiger charge is 2.03. The first-order valence-corrected chi connectivity index (χ1v) is 5.89. The molecule has 0 atom stereocenters. The Labute approximate surface area is 105 Å². The van der Waals surface area contributed by atoms with Crippen molar-refractivity contribution in [2.45, 2.75) is 13.3 Å². The van der Waals surface area contributed by atoms with Crippen molar-refractivity contribution in [3.8, 4) is 0 Å². The van der Waals surface area contributed by atoms with Gasteiger partial charge in [0.1, 0.15) is 11.5 Å². The molecule has 3 rings (SSSR count). The number of pyridine rings is 1. The van der Waals surface area contributed by atoms with E-state index in [9.17, 15) is 4.39 Å². The molecule has 0 saturated heterocycles. The summed E-state index contributed by atoms with van der Waals surface area (Å²) < 4.78 is 14.8. The van der Waals surface area contributed by atoms with Crippen LogP contribution < -0.4 is 0 Å². The van der Waals surface area contributed by atoms with Crippen molar-refractivity contribution in [1.29, 1.82) is 0 Å². The largest absolute Gasteiger partial charge is 0.307 e. The maximum Gasteiger partial charge on any atom is 0.137 e. The Morgan fingerprint density at radius 3 is 2.61 bits per heavy atom. The second kappa shape index (κ2) is 4.26. The summed E-state index contributed by atoms with van der Waals surface area (Å²) in [5.41, 5.74) is 4.20. The van der Waals surface area contributed by atoms with E-state index in [1.807, 2.05) is 22.7 Å². The number of hydrogen-bond acceptors (Lipinski definition) is 1. The van der Waals surface area contributed by atoms with Crippen LogP contribution in [0.2, 0.25) is 0 Å². The Morgan fingerprint density at radius 1 is 1.06 bits per heavy atom.